The summed E-state index contributed by atoms with van der Waals surface area (Å²) in [5, 5.41) is 0.112. The van der Waals surface area contributed by atoms with Crippen molar-refractivity contribution < 1.29 is 33.3 Å². The first-order valence-corrected chi connectivity index (χ1v) is 10.1. The Morgan fingerprint density at radius 3 is 2.47 bits per heavy atom. The molecule has 9 heteroatoms. The molecule has 3 rings (SSSR count). The van der Waals surface area contributed by atoms with Crippen LogP contribution in [0.5, 0.6) is 11.5 Å². The van der Waals surface area contributed by atoms with Gasteiger partial charge in [0.25, 0.3) is 0 Å². The third-order valence-electron chi connectivity index (χ3n) is 5.41. The SMILES string of the molecule is CCOc1cc2c(cc1OC)C(C=O)(c1ccnc(Cl)c1)C(C(=O)OC)C(C(=O)OC)=C2. The van der Waals surface area contributed by atoms with Gasteiger partial charge in [0.1, 0.15) is 17.4 Å². The number of benzene rings is 1. The molecule has 0 saturated carbocycles. The molecule has 0 saturated heterocycles. The Hall–Kier alpha value is -3.39. The molecule has 1 aliphatic rings. The molecule has 1 aromatic carbocycles. The van der Waals surface area contributed by atoms with Crippen LogP contribution in [-0.4, -0.2) is 51.1 Å². The van der Waals surface area contributed by atoms with E-state index in [1.54, 1.807) is 18.2 Å². The minimum atomic E-state index is -1.68. The van der Waals surface area contributed by atoms with E-state index in [9.17, 15) is 14.4 Å². The molecule has 32 heavy (non-hydrogen) atoms. The van der Waals surface area contributed by atoms with Gasteiger partial charge in [-0.3, -0.25) is 4.79 Å². The van der Waals surface area contributed by atoms with Gasteiger partial charge in [-0.2, -0.15) is 0 Å². The van der Waals surface area contributed by atoms with E-state index in [-0.39, 0.29) is 10.7 Å². The van der Waals surface area contributed by atoms with Crippen molar-refractivity contribution in [3.05, 3.63) is 57.9 Å². The molecule has 168 valence electrons. The minimum absolute atomic E-state index is 0.0421. The van der Waals surface area contributed by atoms with Gasteiger partial charge in [0.2, 0.25) is 0 Å². The zero-order chi connectivity index (χ0) is 23.5. The molecule has 0 N–H and O–H groups in total. The lowest BCUT2D eigenvalue weighted by Crippen LogP contribution is -2.47. The van der Waals surface area contributed by atoms with E-state index in [1.807, 2.05) is 6.92 Å². The van der Waals surface area contributed by atoms with Gasteiger partial charge in [-0.15, -0.1) is 0 Å². The van der Waals surface area contributed by atoms with Crippen LogP contribution in [0.1, 0.15) is 23.6 Å². The first-order valence-electron chi connectivity index (χ1n) is 9.69. The summed E-state index contributed by atoms with van der Waals surface area (Å²) >= 11 is 6.13. The number of aldehydes is 1. The highest BCUT2D eigenvalue weighted by atomic mass is 35.5. The van der Waals surface area contributed by atoms with Gasteiger partial charge < -0.3 is 23.7 Å². The van der Waals surface area contributed by atoms with Crippen molar-refractivity contribution in [3.8, 4) is 11.5 Å². The number of halogens is 1. The Morgan fingerprint density at radius 2 is 1.91 bits per heavy atom. The summed E-state index contributed by atoms with van der Waals surface area (Å²) in [5.74, 6) is -2.13. The van der Waals surface area contributed by atoms with Crippen LogP contribution in [0.3, 0.4) is 0 Å². The standard InChI is InChI=1S/C23H22ClNO7/c1-5-32-18-9-13-8-15(21(27)30-3)20(22(28)31-4)23(12-26,16(13)11-17(18)29-2)14-6-7-25-19(24)10-14/h6-12,20H,5H2,1-4H3. The topological polar surface area (TPSA) is 101 Å². The van der Waals surface area contributed by atoms with Gasteiger partial charge in [-0.1, -0.05) is 11.6 Å². The first-order chi connectivity index (χ1) is 15.4. The number of hydrogen-bond donors (Lipinski definition) is 0. The van der Waals surface area contributed by atoms with Crippen LogP contribution < -0.4 is 9.47 Å². The largest absolute Gasteiger partial charge is 0.493 e. The molecule has 8 nitrogen and oxygen atoms in total. The quantitative estimate of drug-likeness (QED) is 0.354. The van der Waals surface area contributed by atoms with Crippen molar-refractivity contribution in [1.29, 1.82) is 0 Å². The number of rotatable bonds is 7. The third kappa shape index (κ3) is 3.71. The lowest BCUT2D eigenvalue weighted by atomic mass is 9.60. The maximum Gasteiger partial charge on any atom is 0.334 e. The van der Waals surface area contributed by atoms with E-state index >= 15 is 0 Å². The average molecular weight is 460 g/mol. The molecule has 0 spiro atoms. The molecule has 1 aromatic heterocycles. The van der Waals surface area contributed by atoms with E-state index in [1.165, 1.54) is 39.7 Å². The molecule has 0 fully saturated rings. The molecule has 0 aliphatic heterocycles. The van der Waals surface area contributed by atoms with Crippen LogP contribution in [-0.2, 0) is 29.3 Å². The van der Waals surface area contributed by atoms with Gasteiger partial charge in [-0.25, -0.2) is 9.78 Å². The number of carbonyl (C=O) groups is 3. The van der Waals surface area contributed by atoms with Crippen molar-refractivity contribution in [2.24, 2.45) is 5.92 Å². The van der Waals surface area contributed by atoms with Crippen LogP contribution in [0.25, 0.3) is 6.08 Å². The predicted molar refractivity (Wildman–Crippen MR) is 116 cm³/mol. The van der Waals surface area contributed by atoms with Crippen molar-refractivity contribution in [2.45, 2.75) is 12.3 Å². The molecule has 0 radical (unpaired) electrons. The average Bonchev–Trinajstić information content (AvgIpc) is 2.81. The number of aromatic nitrogens is 1. The fourth-order valence-electron chi connectivity index (χ4n) is 4.04. The molecule has 2 aromatic rings. The second-order valence-electron chi connectivity index (χ2n) is 6.92. The Labute approximate surface area is 190 Å². The number of methoxy groups -OCH3 is 3. The molecular weight excluding hydrogens is 438 g/mol. The molecular formula is C23H22ClNO7. The van der Waals surface area contributed by atoms with E-state index in [2.05, 4.69) is 4.98 Å². The van der Waals surface area contributed by atoms with Gasteiger partial charge in [-0.05, 0) is 54.0 Å². The summed E-state index contributed by atoms with van der Waals surface area (Å²) in [7, 11) is 3.84. The summed E-state index contributed by atoms with van der Waals surface area (Å²) in [5.41, 5.74) is -0.469. The highest BCUT2D eigenvalue weighted by Gasteiger charge is 2.54. The number of carbonyl (C=O) groups excluding carboxylic acids is 3. The lowest BCUT2D eigenvalue weighted by molar-refractivity contribution is -0.150. The van der Waals surface area contributed by atoms with Crippen molar-refractivity contribution >= 4 is 35.9 Å². The monoisotopic (exact) mass is 459 g/mol. The Morgan fingerprint density at radius 1 is 1.16 bits per heavy atom. The van der Waals surface area contributed by atoms with Gasteiger partial charge in [0.05, 0.1) is 38.9 Å². The summed E-state index contributed by atoms with van der Waals surface area (Å²) < 4.78 is 21.1. The fraction of sp³-hybridized carbons (Fsp3) is 0.304. The molecule has 2 atom stereocenters. The number of nitrogens with zero attached hydrogens (tertiary/aromatic N) is 1. The summed E-state index contributed by atoms with van der Waals surface area (Å²) in [6, 6.07) is 6.29. The highest BCUT2D eigenvalue weighted by Crippen LogP contribution is 2.50. The Balaban J connectivity index is 2.49. The summed E-state index contributed by atoms with van der Waals surface area (Å²) in [6.45, 7) is 2.18. The summed E-state index contributed by atoms with van der Waals surface area (Å²) in [4.78, 5) is 42.7. The van der Waals surface area contributed by atoms with Gasteiger partial charge >= 0.3 is 11.9 Å². The first kappa shape index (κ1) is 23.3. The maximum atomic E-state index is 13.0. The number of esters is 2. The van der Waals surface area contributed by atoms with Crippen LogP contribution in [0.2, 0.25) is 5.15 Å². The highest BCUT2D eigenvalue weighted by molar-refractivity contribution is 6.29. The Kier molecular flexibility index (Phi) is 6.84. The van der Waals surface area contributed by atoms with Crippen LogP contribution in [0, 0.1) is 5.92 Å². The van der Waals surface area contributed by atoms with E-state index in [0.29, 0.717) is 41.1 Å². The van der Waals surface area contributed by atoms with Gasteiger partial charge in [0, 0.05) is 6.20 Å². The number of pyridine rings is 1. The molecule has 1 heterocycles. The summed E-state index contributed by atoms with van der Waals surface area (Å²) in [6.07, 6.45) is 3.52. The molecule has 0 amide bonds. The maximum absolute atomic E-state index is 13.0. The number of ether oxygens (including phenoxy) is 4. The van der Waals surface area contributed by atoms with E-state index < -0.39 is 23.3 Å². The second kappa shape index (κ2) is 9.40. The zero-order valence-corrected chi connectivity index (χ0v) is 18.8. The third-order valence-corrected chi connectivity index (χ3v) is 5.61. The number of hydrogen-bond acceptors (Lipinski definition) is 8. The molecule has 0 bridgehead atoms. The van der Waals surface area contributed by atoms with E-state index in [4.69, 9.17) is 30.5 Å². The number of fused-ring (bicyclic) bond motifs is 1. The zero-order valence-electron chi connectivity index (χ0n) is 18.0. The smallest absolute Gasteiger partial charge is 0.334 e. The normalized spacial score (nSPS) is 19.3. The predicted octanol–water partition coefficient (Wildman–Crippen LogP) is 2.99. The van der Waals surface area contributed by atoms with Crippen molar-refractivity contribution in [3.63, 3.8) is 0 Å². The van der Waals surface area contributed by atoms with Crippen LogP contribution in [0.4, 0.5) is 0 Å². The molecule has 2 unspecified atom stereocenters. The van der Waals surface area contributed by atoms with Gasteiger partial charge in [0.15, 0.2) is 11.5 Å². The second-order valence-corrected chi connectivity index (χ2v) is 7.31. The van der Waals surface area contributed by atoms with Crippen molar-refractivity contribution in [1.82, 2.24) is 4.98 Å². The Bertz CT molecular complexity index is 1100. The van der Waals surface area contributed by atoms with E-state index in [0.717, 1.165) is 0 Å². The minimum Gasteiger partial charge on any atom is -0.493 e. The van der Waals surface area contributed by atoms with Crippen LogP contribution >= 0.6 is 11.6 Å². The fourth-order valence-corrected chi connectivity index (χ4v) is 4.21. The lowest BCUT2D eigenvalue weighted by Gasteiger charge is -2.40. The molecule has 1 aliphatic carbocycles. The van der Waals surface area contributed by atoms with Crippen molar-refractivity contribution in [2.75, 3.05) is 27.9 Å². The van der Waals surface area contributed by atoms with Crippen LogP contribution in [0.15, 0.2) is 36.0 Å².